The van der Waals surface area contributed by atoms with E-state index in [0.717, 1.165) is 0 Å². The first-order valence-electron chi connectivity index (χ1n) is 7.53. The van der Waals surface area contributed by atoms with E-state index < -0.39 is 22.8 Å². The van der Waals surface area contributed by atoms with Gasteiger partial charge in [0.25, 0.3) is 5.69 Å². The maximum Gasteiger partial charge on any atom is 0.326 e. The summed E-state index contributed by atoms with van der Waals surface area (Å²) in [4.78, 5) is 33.6. The lowest BCUT2D eigenvalue weighted by Crippen LogP contribution is -2.43. The Morgan fingerprint density at radius 3 is 2.62 bits per heavy atom. The Kier molecular flexibility index (Phi) is 5.18. The molecule has 0 spiro atoms. The van der Waals surface area contributed by atoms with Crippen LogP contribution in [0.1, 0.15) is 20.3 Å². The predicted octanol–water partition coefficient (Wildman–Crippen LogP) is 2.16. The van der Waals surface area contributed by atoms with Crippen LogP contribution < -0.4 is 5.32 Å². The fourth-order valence-corrected chi connectivity index (χ4v) is 2.53. The van der Waals surface area contributed by atoms with Crippen LogP contribution in [0.5, 0.6) is 0 Å². The van der Waals surface area contributed by atoms with E-state index in [9.17, 15) is 19.7 Å². The van der Waals surface area contributed by atoms with Crippen LogP contribution in [-0.2, 0) is 16.1 Å². The molecular formula is C16H19N3O5. The third kappa shape index (κ3) is 4.09. The molecule has 2 aromatic rings. The number of carbonyl (C=O) groups is 2. The van der Waals surface area contributed by atoms with Crippen molar-refractivity contribution in [2.45, 2.75) is 32.9 Å². The monoisotopic (exact) mass is 333 g/mol. The standard InChI is InChI=1S/C16H19N3O5/c1-10(2)7-13(16(21)22)17-15(20)9-18-6-5-11-8-12(19(23)24)3-4-14(11)18/h3-6,8,10,13H,7,9H2,1-2H3,(H,17,20)(H,21,22)/t13-/m0/s1. The van der Waals surface area contributed by atoms with Crippen LogP contribution in [0.2, 0.25) is 0 Å². The lowest BCUT2D eigenvalue weighted by molar-refractivity contribution is -0.384. The fraction of sp³-hybridized carbons (Fsp3) is 0.375. The smallest absolute Gasteiger partial charge is 0.326 e. The van der Waals surface area contributed by atoms with E-state index in [1.54, 1.807) is 22.9 Å². The molecule has 0 unspecified atom stereocenters. The number of aromatic nitrogens is 1. The largest absolute Gasteiger partial charge is 0.480 e. The number of rotatable bonds is 7. The Morgan fingerprint density at radius 2 is 2.04 bits per heavy atom. The van der Waals surface area contributed by atoms with Gasteiger partial charge in [0.1, 0.15) is 12.6 Å². The summed E-state index contributed by atoms with van der Waals surface area (Å²) in [5, 5.41) is 23.1. The lowest BCUT2D eigenvalue weighted by Gasteiger charge is -2.16. The first kappa shape index (κ1) is 17.5. The third-order valence-corrected chi connectivity index (χ3v) is 3.62. The van der Waals surface area contributed by atoms with Gasteiger partial charge in [-0.2, -0.15) is 0 Å². The Labute approximate surface area is 138 Å². The zero-order valence-electron chi connectivity index (χ0n) is 13.4. The van der Waals surface area contributed by atoms with Crippen molar-refractivity contribution < 1.29 is 19.6 Å². The molecule has 8 nitrogen and oxygen atoms in total. The first-order valence-corrected chi connectivity index (χ1v) is 7.53. The SMILES string of the molecule is CC(C)C[C@H](NC(=O)Cn1ccc2cc([N+](=O)[O-])ccc21)C(=O)O. The molecule has 0 radical (unpaired) electrons. The quantitative estimate of drug-likeness (QED) is 0.595. The molecule has 128 valence electrons. The molecular weight excluding hydrogens is 314 g/mol. The normalized spacial score (nSPS) is 12.3. The minimum absolute atomic E-state index is 0.0208. The number of benzene rings is 1. The van der Waals surface area contributed by atoms with Gasteiger partial charge >= 0.3 is 5.97 Å². The number of amides is 1. The van der Waals surface area contributed by atoms with Crippen molar-refractivity contribution in [3.05, 3.63) is 40.6 Å². The molecule has 0 aliphatic heterocycles. The second-order valence-electron chi connectivity index (χ2n) is 6.03. The predicted molar refractivity (Wildman–Crippen MR) is 87.6 cm³/mol. The number of nitrogens with one attached hydrogen (secondary N) is 1. The molecule has 0 aliphatic carbocycles. The Morgan fingerprint density at radius 1 is 1.33 bits per heavy atom. The number of hydrogen-bond donors (Lipinski definition) is 2. The highest BCUT2D eigenvalue weighted by Crippen LogP contribution is 2.21. The molecule has 24 heavy (non-hydrogen) atoms. The summed E-state index contributed by atoms with van der Waals surface area (Å²) in [5.74, 6) is -1.34. The molecule has 1 aromatic carbocycles. The Bertz CT molecular complexity index is 781. The summed E-state index contributed by atoms with van der Waals surface area (Å²) in [6.07, 6.45) is 1.99. The molecule has 1 atom stereocenters. The van der Waals surface area contributed by atoms with E-state index in [1.807, 2.05) is 13.8 Å². The van der Waals surface area contributed by atoms with Gasteiger partial charge in [-0.25, -0.2) is 4.79 Å². The molecule has 8 heteroatoms. The zero-order valence-corrected chi connectivity index (χ0v) is 13.4. The van der Waals surface area contributed by atoms with Crippen LogP contribution in [0, 0.1) is 16.0 Å². The maximum atomic E-state index is 12.1. The number of carbonyl (C=O) groups excluding carboxylic acids is 1. The van der Waals surface area contributed by atoms with Crippen LogP contribution in [-0.4, -0.2) is 32.5 Å². The van der Waals surface area contributed by atoms with Gasteiger partial charge in [-0.05, 0) is 24.5 Å². The maximum absolute atomic E-state index is 12.1. The van der Waals surface area contributed by atoms with Crippen LogP contribution >= 0.6 is 0 Å². The number of carboxylic acids is 1. The third-order valence-electron chi connectivity index (χ3n) is 3.62. The molecule has 0 fully saturated rings. The summed E-state index contributed by atoms with van der Waals surface area (Å²) < 4.78 is 1.63. The molecule has 2 rings (SSSR count). The van der Waals surface area contributed by atoms with Crippen molar-refractivity contribution >= 4 is 28.5 Å². The number of nitro benzene ring substituents is 1. The summed E-state index contributed by atoms with van der Waals surface area (Å²) in [7, 11) is 0. The number of hydrogen-bond acceptors (Lipinski definition) is 4. The number of non-ortho nitro benzene ring substituents is 1. The molecule has 1 heterocycles. The van der Waals surface area contributed by atoms with Crippen LogP contribution in [0.15, 0.2) is 30.5 Å². The van der Waals surface area contributed by atoms with E-state index in [2.05, 4.69) is 5.32 Å². The van der Waals surface area contributed by atoms with Crippen molar-refractivity contribution in [3.63, 3.8) is 0 Å². The summed E-state index contributed by atoms with van der Waals surface area (Å²) >= 11 is 0. The van der Waals surface area contributed by atoms with Gasteiger partial charge in [0.05, 0.1) is 4.92 Å². The van der Waals surface area contributed by atoms with Gasteiger partial charge in [-0.3, -0.25) is 14.9 Å². The second kappa shape index (κ2) is 7.12. The molecule has 0 aliphatic rings. The molecule has 1 amide bonds. The highest BCUT2D eigenvalue weighted by Gasteiger charge is 2.21. The number of nitrogens with zero attached hydrogens (tertiary/aromatic N) is 2. The van der Waals surface area contributed by atoms with E-state index in [4.69, 9.17) is 5.11 Å². The number of aliphatic carboxylic acids is 1. The minimum Gasteiger partial charge on any atom is -0.480 e. The first-order chi connectivity index (χ1) is 11.3. The van der Waals surface area contributed by atoms with Crippen molar-refractivity contribution in [2.75, 3.05) is 0 Å². The molecule has 0 saturated heterocycles. The topological polar surface area (TPSA) is 114 Å². The van der Waals surface area contributed by atoms with E-state index in [0.29, 0.717) is 17.3 Å². The summed E-state index contributed by atoms with van der Waals surface area (Å²) in [6.45, 7) is 3.71. The average Bonchev–Trinajstić information content (AvgIpc) is 2.88. The van der Waals surface area contributed by atoms with Gasteiger partial charge in [0.15, 0.2) is 0 Å². The molecule has 1 aromatic heterocycles. The van der Waals surface area contributed by atoms with E-state index >= 15 is 0 Å². The van der Waals surface area contributed by atoms with Gasteiger partial charge < -0.3 is 15.0 Å². The highest BCUT2D eigenvalue weighted by atomic mass is 16.6. The summed E-state index contributed by atoms with van der Waals surface area (Å²) in [5.41, 5.74) is 0.652. The van der Waals surface area contributed by atoms with Crippen molar-refractivity contribution in [2.24, 2.45) is 5.92 Å². The highest BCUT2D eigenvalue weighted by molar-refractivity contribution is 5.86. The van der Waals surface area contributed by atoms with Gasteiger partial charge in [-0.15, -0.1) is 0 Å². The number of carboxylic acid groups (broad SMARTS) is 1. The van der Waals surface area contributed by atoms with Crippen molar-refractivity contribution in [1.29, 1.82) is 0 Å². The average molecular weight is 333 g/mol. The lowest BCUT2D eigenvalue weighted by atomic mass is 10.0. The van der Waals surface area contributed by atoms with E-state index in [-0.39, 0.29) is 18.2 Å². The molecule has 0 bridgehead atoms. The Hall–Kier alpha value is -2.90. The van der Waals surface area contributed by atoms with Gasteiger partial charge in [0.2, 0.25) is 5.91 Å². The van der Waals surface area contributed by atoms with Gasteiger partial charge in [-0.1, -0.05) is 13.8 Å². The van der Waals surface area contributed by atoms with Crippen LogP contribution in [0.4, 0.5) is 5.69 Å². The van der Waals surface area contributed by atoms with E-state index in [1.165, 1.54) is 12.1 Å². The zero-order chi connectivity index (χ0) is 17.9. The molecule has 0 saturated carbocycles. The molecule has 2 N–H and O–H groups in total. The number of fused-ring (bicyclic) bond motifs is 1. The van der Waals surface area contributed by atoms with Crippen LogP contribution in [0.25, 0.3) is 10.9 Å². The minimum atomic E-state index is -1.06. The summed E-state index contributed by atoms with van der Waals surface area (Å²) in [6, 6.07) is 5.13. The van der Waals surface area contributed by atoms with Crippen LogP contribution in [0.3, 0.4) is 0 Å². The second-order valence-corrected chi connectivity index (χ2v) is 6.03. The number of nitro groups is 1. The van der Waals surface area contributed by atoms with Crippen molar-refractivity contribution in [1.82, 2.24) is 9.88 Å². The van der Waals surface area contributed by atoms with Gasteiger partial charge in [0, 0.05) is 29.2 Å². The Balaban J connectivity index is 2.12. The fourth-order valence-electron chi connectivity index (χ4n) is 2.53. The van der Waals surface area contributed by atoms with Crippen molar-refractivity contribution in [3.8, 4) is 0 Å².